The van der Waals surface area contributed by atoms with Crippen molar-refractivity contribution < 1.29 is 4.74 Å². The van der Waals surface area contributed by atoms with Crippen LogP contribution in [0.4, 0.5) is 11.4 Å². The number of anilines is 2. The summed E-state index contributed by atoms with van der Waals surface area (Å²) in [7, 11) is 0. The topological polar surface area (TPSA) is 97.9 Å². The molecule has 1 heterocycles. The number of benzene rings is 1. The van der Waals surface area contributed by atoms with Gasteiger partial charge < -0.3 is 16.2 Å². The van der Waals surface area contributed by atoms with Gasteiger partial charge in [-0.05, 0) is 13.0 Å². The fourth-order valence-corrected chi connectivity index (χ4v) is 1.63. The first-order valence-corrected chi connectivity index (χ1v) is 5.18. The van der Waals surface area contributed by atoms with E-state index in [1.807, 2.05) is 13.0 Å². The fourth-order valence-electron chi connectivity index (χ4n) is 1.63. The zero-order valence-electron chi connectivity index (χ0n) is 9.40. The lowest BCUT2D eigenvalue weighted by Gasteiger charge is -2.09. The number of nitriles is 1. The third-order valence-electron chi connectivity index (χ3n) is 2.46. The van der Waals surface area contributed by atoms with Gasteiger partial charge in [0, 0.05) is 17.6 Å². The molecule has 0 spiro atoms. The molecule has 0 saturated heterocycles. The van der Waals surface area contributed by atoms with Crippen LogP contribution in [0.2, 0.25) is 0 Å². The van der Waals surface area contributed by atoms with Gasteiger partial charge in [-0.1, -0.05) is 0 Å². The van der Waals surface area contributed by atoms with Gasteiger partial charge >= 0.3 is 0 Å². The second-order valence-electron chi connectivity index (χ2n) is 3.54. The van der Waals surface area contributed by atoms with Crippen LogP contribution in [0, 0.1) is 11.3 Å². The number of rotatable bonds is 2. The van der Waals surface area contributed by atoms with Crippen LogP contribution in [-0.2, 0) is 0 Å². The minimum atomic E-state index is 0.348. The summed E-state index contributed by atoms with van der Waals surface area (Å²) in [6.07, 6.45) is 1.45. The van der Waals surface area contributed by atoms with Gasteiger partial charge in [0.2, 0.25) is 0 Å². The zero-order valence-corrected chi connectivity index (χ0v) is 9.40. The van der Waals surface area contributed by atoms with Crippen molar-refractivity contribution in [2.75, 3.05) is 18.1 Å². The average molecular weight is 228 g/mol. The number of aromatic nitrogens is 1. The van der Waals surface area contributed by atoms with Gasteiger partial charge in [-0.3, -0.25) is 4.98 Å². The summed E-state index contributed by atoms with van der Waals surface area (Å²) < 4.78 is 5.37. The highest BCUT2D eigenvalue weighted by molar-refractivity contribution is 5.96. The number of nitrogen functional groups attached to an aromatic ring is 2. The van der Waals surface area contributed by atoms with Gasteiger partial charge in [0.25, 0.3) is 0 Å². The number of nitrogens with zero attached hydrogens (tertiary/aromatic N) is 2. The fraction of sp³-hybridized carbons (Fsp3) is 0.167. The monoisotopic (exact) mass is 228 g/mol. The molecule has 1 aromatic carbocycles. The average Bonchev–Trinajstić information content (AvgIpc) is 2.32. The van der Waals surface area contributed by atoms with Crippen molar-refractivity contribution in [3.8, 4) is 11.8 Å². The van der Waals surface area contributed by atoms with E-state index in [2.05, 4.69) is 4.98 Å². The number of pyridine rings is 1. The van der Waals surface area contributed by atoms with Crippen molar-refractivity contribution >= 4 is 22.3 Å². The van der Waals surface area contributed by atoms with Crippen LogP contribution in [0.15, 0.2) is 18.3 Å². The molecular formula is C12H12N4O. The predicted octanol–water partition coefficient (Wildman–Crippen LogP) is 1.67. The van der Waals surface area contributed by atoms with Crippen molar-refractivity contribution in [3.63, 3.8) is 0 Å². The molecule has 4 N–H and O–H groups in total. The van der Waals surface area contributed by atoms with Gasteiger partial charge in [0.1, 0.15) is 11.8 Å². The Labute approximate surface area is 98.6 Å². The second kappa shape index (κ2) is 4.18. The lowest BCUT2D eigenvalue weighted by Crippen LogP contribution is -1.99. The lowest BCUT2D eigenvalue weighted by molar-refractivity contribution is 0.342. The largest absolute Gasteiger partial charge is 0.492 e. The molecule has 0 aliphatic carbocycles. The van der Waals surface area contributed by atoms with Crippen molar-refractivity contribution in [3.05, 3.63) is 23.9 Å². The van der Waals surface area contributed by atoms with Crippen LogP contribution < -0.4 is 16.2 Å². The Morgan fingerprint density at radius 3 is 2.82 bits per heavy atom. The van der Waals surface area contributed by atoms with E-state index in [1.54, 1.807) is 12.1 Å². The van der Waals surface area contributed by atoms with Crippen molar-refractivity contribution in [1.82, 2.24) is 4.98 Å². The Morgan fingerprint density at radius 2 is 2.18 bits per heavy atom. The summed E-state index contributed by atoms with van der Waals surface area (Å²) in [4.78, 5) is 4.16. The van der Waals surface area contributed by atoms with E-state index in [9.17, 15) is 0 Å². The van der Waals surface area contributed by atoms with Crippen LogP contribution in [-0.4, -0.2) is 11.6 Å². The number of nitrogens with two attached hydrogens (primary N) is 2. The smallest absolute Gasteiger partial charge is 0.144 e. The Balaban J connectivity index is 2.70. The highest BCUT2D eigenvalue weighted by Crippen LogP contribution is 2.31. The first-order chi connectivity index (χ1) is 8.17. The summed E-state index contributed by atoms with van der Waals surface area (Å²) in [5.41, 5.74) is 13.6. The summed E-state index contributed by atoms with van der Waals surface area (Å²) >= 11 is 0. The van der Waals surface area contributed by atoms with Crippen LogP contribution in [0.25, 0.3) is 10.9 Å². The zero-order chi connectivity index (χ0) is 12.4. The van der Waals surface area contributed by atoms with Crippen LogP contribution >= 0.6 is 0 Å². The molecule has 1 aromatic heterocycles. The van der Waals surface area contributed by atoms with E-state index in [0.717, 1.165) is 0 Å². The van der Waals surface area contributed by atoms with Crippen molar-refractivity contribution in [1.29, 1.82) is 5.26 Å². The maximum absolute atomic E-state index is 8.86. The first kappa shape index (κ1) is 11.0. The molecule has 0 atom stereocenters. The Bertz CT molecular complexity index is 616. The van der Waals surface area contributed by atoms with Crippen LogP contribution in [0.3, 0.4) is 0 Å². The highest BCUT2D eigenvalue weighted by atomic mass is 16.5. The Hall–Kier alpha value is -2.48. The molecule has 0 unspecified atom stereocenters. The molecule has 5 nitrogen and oxygen atoms in total. The SMILES string of the molecule is CCOc1cc2ncc(C#N)c(N)c2cc1N. The summed E-state index contributed by atoms with van der Waals surface area (Å²) in [6, 6.07) is 5.40. The molecule has 17 heavy (non-hydrogen) atoms. The van der Waals surface area contributed by atoms with E-state index in [4.69, 9.17) is 21.5 Å². The third-order valence-corrected chi connectivity index (χ3v) is 2.46. The standard InChI is InChI=1S/C12H12N4O/c1-2-17-11-4-10-8(3-9(11)14)12(15)7(5-13)6-16-10/h3-4,6H,2,14H2,1H3,(H2,15,16). The number of ether oxygens (including phenoxy) is 1. The lowest BCUT2D eigenvalue weighted by atomic mass is 10.1. The van der Waals surface area contributed by atoms with Gasteiger partial charge in [0.15, 0.2) is 0 Å². The predicted molar refractivity (Wildman–Crippen MR) is 66.5 cm³/mol. The minimum Gasteiger partial charge on any atom is -0.492 e. The highest BCUT2D eigenvalue weighted by Gasteiger charge is 2.09. The van der Waals surface area contributed by atoms with Gasteiger partial charge in [-0.25, -0.2) is 0 Å². The Morgan fingerprint density at radius 1 is 1.41 bits per heavy atom. The molecule has 0 saturated carbocycles. The molecule has 0 aliphatic rings. The molecule has 2 rings (SSSR count). The maximum Gasteiger partial charge on any atom is 0.144 e. The molecule has 0 amide bonds. The summed E-state index contributed by atoms with van der Waals surface area (Å²) in [6.45, 7) is 2.41. The van der Waals surface area contributed by atoms with Crippen molar-refractivity contribution in [2.24, 2.45) is 0 Å². The van der Waals surface area contributed by atoms with E-state index in [0.29, 0.717) is 40.2 Å². The minimum absolute atomic E-state index is 0.348. The quantitative estimate of drug-likeness (QED) is 0.762. The second-order valence-corrected chi connectivity index (χ2v) is 3.54. The normalized spacial score (nSPS) is 10.1. The number of fused-ring (bicyclic) bond motifs is 1. The maximum atomic E-state index is 8.86. The molecule has 86 valence electrons. The van der Waals surface area contributed by atoms with Crippen LogP contribution in [0.5, 0.6) is 5.75 Å². The molecule has 2 aromatic rings. The van der Waals surface area contributed by atoms with Gasteiger partial charge in [-0.15, -0.1) is 0 Å². The molecule has 0 radical (unpaired) electrons. The van der Waals surface area contributed by atoms with Gasteiger partial charge in [-0.2, -0.15) is 5.26 Å². The summed E-state index contributed by atoms with van der Waals surface area (Å²) in [5.74, 6) is 0.580. The molecule has 5 heteroatoms. The molecular weight excluding hydrogens is 216 g/mol. The van der Waals surface area contributed by atoms with E-state index in [1.165, 1.54) is 6.20 Å². The van der Waals surface area contributed by atoms with E-state index in [-0.39, 0.29) is 0 Å². The van der Waals surface area contributed by atoms with E-state index >= 15 is 0 Å². The Kier molecular flexibility index (Phi) is 2.71. The van der Waals surface area contributed by atoms with Crippen molar-refractivity contribution in [2.45, 2.75) is 6.92 Å². The first-order valence-electron chi connectivity index (χ1n) is 5.18. The number of hydrogen-bond donors (Lipinski definition) is 2. The molecule has 0 fully saturated rings. The van der Waals surface area contributed by atoms with Gasteiger partial charge in [0.05, 0.1) is 29.1 Å². The molecule has 0 aliphatic heterocycles. The molecule has 0 bridgehead atoms. The number of hydrogen-bond acceptors (Lipinski definition) is 5. The van der Waals surface area contributed by atoms with Crippen LogP contribution in [0.1, 0.15) is 12.5 Å². The summed E-state index contributed by atoms with van der Waals surface area (Å²) in [5, 5.41) is 9.53. The van der Waals surface area contributed by atoms with E-state index < -0.39 is 0 Å². The third kappa shape index (κ3) is 1.81.